The van der Waals surface area contributed by atoms with E-state index in [1.807, 2.05) is 6.07 Å². The van der Waals surface area contributed by atoms with Gasteiger partial charge in [0.1, 0.15) is 0 Å². The standard InChI is InChI=1S/C13H22N5O/c14-4-3-5-16-12(19)10-11-13(17-7-6-15-11)18-8-1-2-9-18/h11,13,15H,1-3,5-10H2,(H,16,19)/t11?,13-/m0/s1. The van der Waals surface area contributed by atoms with Gasteiger partial charge in [0, 0.05) is 32.1 Å². The van der Waals surface area contributed by atoms with Crippen LogP contribution in [0.3, 0.4) is 0 Å². The maximum absolute atomic E-state index is 11.8. The van der Waals surface area contributed by atoms with Crippen LogP contribution in [-0.2, 0) is 4.79 Å². The Kier molecular flexibility index (Phi) is 5.58. The van der Waals surface area contributed by atoms with Crippen molar-refractivity contribution in [2.24, 2.45) is 0 Å². The first-order valence-corrected chi connectivity index (χ1v) is 7.09. The van der Waals surface area contributed by atoms with E-state index >= 15 is 0 Å². The fourth-order valence-electron chi connectivity index (χ4n) is 2.76. The molecule has 2 rings (SSSR count). The predicted octanol–water partition coefficient (Wildman–Crippen LogP) is -0.596. The number of rotatable bonds is 5. The van der Waals surface area contributed by atoms with E-state index in [2.05, 4.69) is 20.9 Å². The summed E-state index contributed by atoms with van der Waals surface area (Å²) in [6.07, 6.45) is 3.40. The van der Waals surface area contributed by atoms with Gasteiger partial charge in [-0.1, -0.05) is 0 Å². The second-order valence-corrected chi connectivity index (χ2v) is 5.09. The summed E-state index contributed by atoms with van der Waals surface area (Å²) in [6.45, 7) is 4.28. The summed E-state index contributed by atoms with van der Waals surface area (Å²) in [5, 5.41) is 19.3. The molecule has 2 fully saturated rings. The van der Waals surface area contributed by atoms with Gasteiger partial charge in [-0.15, -0.1) is 0 Å². The number of nitriles is 1. The fourth-order valence-corrected chi connectivity index (χ4v) is 2.76. The molecule has 2 aliphatic heterocycles. The molecule has 1 unspecified atom stereocenters. The third-order valence-electron chi connectivity index (χ3n) is 3.67. The Morgan fingerprint density at radius 1 is 1.47 bits per heavy atom. The maximum Gasteiger partial charge on any atom is 0.221 e. The van der Waals surface area contributed by atoms with Gasteiger partial charge < -0.3 is 10.6 Å². The van der Waals surface area contributed by atoms with Crippen LogP contribution in [0.15, 0.2) is 0 Å². The van der Waals surface area contributed by atoms with E-state index in [0.29, 0.717) is 19.4 Å². The van der Waals surface area contributed by atoms with Gasteiger partial charge >= 0.3 is 0 Å². The van der Waals surface area contributed by atoms with E-state index in [1.54, 1.807) is 0 Å². The third kappa shape index (κ3) is 4.16. The molecule has 1 radical (unpaired) electrons. The number of amides is 1. The van der Waals surface area contributed by atoms with Crippen LogP contribution >= 0.6 is 0 Å². The summed E-state index contributed by atoms with van der Waals surface area (Å²) in [7, 11) is 0. The number of likely N-dealkylation sites (tertiary alicyclic amines) is 1. The summed E-state index contributed by atoms with van der Waals surface area (Å²) in [5.41, 5.74) is 0. The second kappa shape index (κ2) is 7.43. The lowest BCUT2D eigenvalue weighted by atomic mass is 10.1. The number of piperazine rings is 1. The normalized spacial score (nSPS) is 27.9. The van der Waals surface area contributed by atoms with E-state index in [4.69, 9.17) is 5.26 Å². The van der Waals surface area contributed by atoms with E-state index in [9.17, 15) is 4.79 Å². The van der Waals surface area contributed by atoms with Crippen molar-refractivity contribution < 1.29 is 4.79 Å². The number of carbonyl (C=O) groups is 1. The molecule has 0 aliphatic carbocycles. The van der Waals surface area contributed by atoms with Gasteiger partial charge in [0.05, 0.1) is 18.7 Å². The first-order chi connectivity index (χ1) is 9.31. The molecule has 0 aromatic heterocycles. The lowest BCUT2D eigenvalue weighted by Crippen LogP contribution is -2.60. The number of hydrogen-bond donors (Lipinski definition) is 2. The van der Waals surface area contributed by atoms with Crippen LogP contribution in [-0.4, -0.2) is 55.7 Å². The van der Waals surface area contributed by atoms with Gasteiger partial charge in [-0.2, -0.15) is 5.26 Å². The molecule has 2 aliphatic rings. The van der Waals surface area contributed by atoms with Crippen LogP contribution in [0, 0.1) is 11.3 Å². The SMILES string of the molecule is N#CCCNC(=O)CC1NCC[N][C@H]1N1CCCC1. The number of nitrogens with one attached hydrogen (secondary N) is 2. The average molecular weight is 264 g/mol. The highest BCUT2D eigenvalue weighted by atomic mass is 16.1. The first kappa shape index (κ1) is 14.3. The summed E-state index contributed by atoms with van der Waals surface area (Å²) in [6, 6.07) is 2.13. The Hall–Kier alpha value is -1.16. The van der Waals surface area contributed by atoms with Crippen LogP contribution in [0.1, 0.15) is 25.7 Å². The van der Waals surface area contributed by atoms with Gasteiger partial charge in [-0.05, 0) is 25.9 Å². The molecule has 105 valence electrons. The van der Waals surface area contributed by atoms with Crippen LogP contribution in [0.2, 0.25) is 0 Å². The zero-order chi connectivity index (χ0) is 13.5. The molecule has 6 nitrogen and oxygen atoms in total. The topological polar surface area (TPSA) is 82.3 Å². The monoisotopic (exact) mass is 264 g/mol. The quantitative estimate of drug-likeness (QED) is 0.650. The van der Waals surface area contributed by atoms with Gasteiger partial charge in [0.25, 0.3) is 0 Å². The van der Waals surface area contributed by atoms with E-state index < -0.39 is 0 Å². The number of hydrogen-bond acceptors (Lipinski definition) is 4. The molecule has 0 aromatic rings. The van der Waals surface area contributed by atoms with Crippen LogP contribution in [0.25, 0.3) is 0 Å². The molecular formula is C13H22N5O. The van der Waals surface area contributed by atoms with E-state index in [1.165, 1.54) is 12.8 Å². The van der Waals surface area contributed by atoms with Crippen molar-refractivity contribution in [1.82, 2.24) is 20.9 Å². The van der Waals surface area contributed by atoms with E-state index in [-0.39, 0.29) is 18.1 Å². The Bertz CT molecular complexity index is 334. The molecule has 0 bridgehead atoms. The van der Waals surface area contributed by atoms with Crippen molar-refractivity contribution in [3.63, 3.8) is 0 Å². The van der Waals surface area contributed by atoms with Crippen molar-refractivity contribution in [3.05, 3.63) is 0 Å². The summed E-state index contributed by atoms with van der Waals surface area (Å²) < 4.78 is 0. The molecular weight excluding hydrogens is 242 g/mol. The minimum Gasteiger partial charge on any atom is -0.355 e. The Balaban J connectivity index is 1.81. The Morgan fingerprint density at radius 3 is 3.00 bits per heavy atom. The average Bonchev–Trinajstić information content (AvgIpc) is 2.93. The Labute approximate surface area is 114 Å². The van der Waals surface area contributed by atoms with Crippen molar-refractivity contribution in [2.75, 3.05) is 32.7 Å². The van der Waals surface area contributed by atoms with Crippen molar-refractivity contribution in [1.29, 1.82) is 5.26 Å². The van der Waals surface area contributed by atoms with Crippen LogP contribution in [0.4, 0.5) is 0 Å². The number of nitrogens with zero attached hydrogens (tertiary/aromatic N) is 3. The van der Waals surface area contributed by atoms with Gasteiger partial charge in [-0.25, -0.2) is 5.32 Å². The first-order valence-electron chi connectivity index (χ1n) is 7.09. The smallest absolute Gasteiger partial charge is 0.221 e. The molecule has 2 N–H and O–H groups in total. The molecule has 2 saturated heterocycles. The lowest BCUT2D eigenvalue weighted by Gasteiger charge is -2.37. The molecule has 0 aromatic carbocycles. The number of carbonyl (C=O) groups excluding carboxylic acids is 1. The molecule has 0 saturated carbocycles. The Morgan fingerprint density at radius 2 is 2.26 bits per heavy atom. The van der Waals surface area contributed by atoms with Crippen molar-refractivity contribution in [3.8, 4) is 6.07 Å². The zero-order valence-electron chi connectivity index (χ0n) is 11.3. The van der Waals surface area contributed by atoms with Gasteiger partial charge in [0.15, 0.2) is 0 Å². The minimum absolute atomic E-state index is 0.00838. The highest BCUT2D eigenvalue weighted by Crippen LogP contribution is 2.16. The summed E-state index contributed by atoms with van der Waals surface area (Å²) >= 11 is 0. The summed E-state index contributed by atoms with van der Waals surface area (Å²) in [5.74, 6) is 0.00838. The molecule has 1 amide bonds. The van der Waals surface area contributed by atoms with Crippen LogP contribution < -0.4 is 16.0 Å². The highest BCUT2D eigenvalue weighted by molar-refractivity contribution is 5.76. The zero-order valence-corrected chi connectivity index (χ0v) is 11.3. The molecule has 2 heterocycles. The molecule has 6 heteroatoms. The molecule has 0 spiro atoms. The predicted molar refractivity (Wildman–Crippen MR) is 71.2 cm³/mol. The second-order valence-electron chi connectivity index (χ2n) is 5.09. The van der Waals surface area contributed by atoms with Gasteiger partial charge in [0.2, 0.25) is 5.91 Å². The maximum atomic E-state index is 11.8. The van der Waals surface area contributed by atoms with Gasteiger partial charge in [-0.3, -0.25) is 9.69 Å². The molecule has 2 atom stereocenters. The highest BCUT2D eigenvalue weighted by Gasteiger charge is 2.33. The molecule has 19 heavy (non-hydrogen) atoms. The largest absolute Gasteiger partial charge is 0.355 e. The fraction of sp³-hybridized carbons (Fsp3) is 0.846. The van der Waals surface area contributed by atoms with E-state index in [0.717, 1.165) is 26.2 Å². The van der Waals surface area contributed by atoms with Crippen LogP contribution in [0.5, 0.6) is 0 Å². The van der Waals surface area contributed by atoms with Crippen molar-refractivity contribution >= 4 is 5.91 Å². The summed E-state index contributed by atoms with van der Waals surface area (Å²) in [4.78, 5) is 14.2. The lowest BCUT2D eigenvalue weighted by molar-refractivity contribution is -0.122. The minimum atomic E-state index is 0.00838. The third-order valence-corrected chi connectivity index (χ3v) is 3.67. The van der Waals surface area contributed by atoms with Crippen molar-refractivity contribution in [2.45, 2.75) is 37.9 Å².